The number of alkyl halides is 3. The molecule has 0 saturated carbocycles. The Balaban J connectivity index is 1.82. The molecule has 32 heavy (non-hydrogen) atoms. The van der Waals surface area contributed by atoms with Crippen LogP contribution in [0.3, 0.4) is 0 Å². The molecule has 1 unspecified atom stereocenters. The minimum atomic E-state index is -4.44. The van der Waals surface area contributed by atoms with Crippen molar-refractivity contribution in [2.24, 2.45) is 0 Å². The summed E-state index contributed by atoms with van der Waals surface area (Å²) in [6.45, 7) is 2.09. The van der Waals surface area contributed by atoms with Gasteiger partial charge in [0.25, 0.3) is 11.6 Å². The number of ether oxygens (including phenoxy) is 2. The fourth-order valence-corrected chi connectivity index (χ4v) is 3.51. The maximum atomic E-state index is 12.9. The van der Waals surface area contributed by atoms with Crippen LogP contribution in [0.1, 0.15) is 27.5 Å². The molecule has 1 aliphatic rings. The topological polar surface area (TPSA) is 93.9 Å². The van der Waals surface area contributed by atoms with Crippen LogP contribution in [0.25, 0.3) is 0 Å². The van der Waals surface area contributed by atoms with Gasteiger partial charge in [0, 0.05) is 31.8 Å². The molecule has 1 N–H and O–H groups in total. The number of hydrogen-bond donors (Lipinski definition) is 1. The minimum Gasteiger partial charge on any atom is -0.496 e. The molecule has 2 aromatic carbocycles. The highest BCUT2D eigenvalue weighted by atomic mass is 19.4. The van der Waals surface area contributed by atoms with Crippen molar-refractivity contribution in [3.05, 3.63) is 69.3 Å². The van der Waals surface area contributed by atoms with Crippen molar-refractivity contribution in [1.29, 1.82) is 0 Å². The number of rotatable bonds is 7. The molecule has 1 aliphatic heterocycles. The Bertz CT molecular complexity index is 960. The van der Waals surface area contributed by atoms with E-state index in [1.165, 1.54) is 31.4 Å². The van der Waals surface area contributed by atoms with E-state index in [2.05, 4.69) is 5.32 Å². The van der Waals surface area contributed by atoms with Gasteiger partial charge in [-0.15, -0.1) is 0 Å². The van der Waals surface area contributed by atoms with E-state index in [0.29, 0.717) is 31.9 Å². The number of non-ortho nitro benzene ring substituents is 1. The van der Waals surface area contributed by atoms with Gasteiger partial charge in [-0.25, -0.2) is 0 Å². The van der Waals surface area contributed by atoms with Gasteiger partial charge in [-0.2, -0.15) is 13.2 Å². The molecule has 1 atom stereocenters. The van der Waals surface area contributed by atoms with Crippen molar-refractivity contribution in [1.82, 2.24) is 10.2 Å². The lowest BCUT2D eigenvalue weighted by Crippen LogP contribution is -2.43. The third-order valence-corrected chi connectivity index (χ3v) is 5.20. The molecule has 0 aliphatic carbocycles. The average molecular weight is 453 g/mol. The second kappa shape index (κ2) is 9.96. The zero-order valence-electron chi connectivity index (χ0n) is 17.2. The fraction of sp³-hybridized carbons (Fsp3) is 0.381. The van der Waals surface area contributed by atoms with Crippen molar-refractivity contribution in [2.45, 2.75) is 12.2 Å². The summed E-state index contributed by atoms with van der Waals surface area (Å²) in [6, 6.07) is 8.08. The summed E-state index contributed by atoms with van der Waals surface area (Å²) in [4.78, 5) is 25.3. The largest absolute Gasteiger partial charge is 0.496 e. The van der Waals surface area contributed by atoms with Crippen LogP contribution >= 0.6 is 0 Å². The third kappa shape index (κ3) is 5.54. The van der Waals surface area contributed by atoms with Crippen molar-refractivity contribution in [3.8, 4) is 5.75 Å². The Morgan fingerprint density at radius 1 is 1.22 bits per heavy atom. The fourth-order valence-electron chi connectivity index (χ4n) is 3.51. The molecule has 8 nitrogen and oxygen atoms in total. The Kier molecular flexibility index (Phi) is 7.31. The lowest BCUT2D eigenvalue weighted by molar-refractivity contribution is -0.384. The molecule has 1 amide bonds. The molecule has 3 rings (SSSR count). The van der Waals surface area contributed by atoms with Gasteiger partial charge in [0.1, 0.15) is 5.75 Å². The van der Waals surface area contributed by atoms with Crippen LogP contribution in [-0.4, -0.2) is 55.7 Å². The quantitative estimate of drug-likeness (QED) is 0.510. The van der Waals surface area contributed by atoms with Crippen LogP contribution in [0.5, 0.6) is 5.75 Å². The molecule has 1 fully saturated rings. The number of nitrogens with one attached hydrogen (secondary N) is 1. The van der Waals surface area contributed by atoms with Gasteiger partial charge in [0.2, 0.25) is 0 Å². The first-order valence-electron chi connectivity index (χ1n) is 9.80. The summed E-state index contributed by atoms with van der Waals surface area (Å²) in [6.07, 6.45) is -4.44. The molecule has 0 radical (unpaired) electrons. The van der Waals surface area contributed by atoms with E-state index in [1.54, 1.807) is 0 Å². The lowest BCUT2D eigenvalue weighted by Gasteiger charge is -2.35. The molecule has 2 aromatic rings. The number of nitrogens with zero attached hydrogens (tertiary/aromatic N) is 2. The number of carbonyl (C=O) groups is 1. The van der Waals surface area contributed by atoms with E-state index in [1.807, 2.05) is 4.90 Å². The Labute approximate surface area is 182 Å². The number of methoxy groups -OCH3 is 1. The summed E-state index contributed by atoms with van der Waals surface area (Å²) < 4.78 is 49.3. The molecule has 0 aromatic heterocycles. The Hall–Kier alpha value is -3.18. The number of nitro benzene ring substituents is 1. The molecular weight excluding hydrogens is 431 g/mol. The number of nitro groups is 1. The van der Waals surface area contributed by atoms with E-state index in [0.717, 1.165) is 18.2 Å². The highest BCUT2D eigenvalue weighted by molar-refractivity contribution is 5.97. The normalized spacial score (nSPS) is 15.8. The molecule has 1 heterocycles. The van der Waals surface area contributed by atoms with Gasteiger partial charge >= 0.3 is 6.18 Å². The highest BCUT2D eigenvalue weighted by Crippen LogP contribution is 2.31. The smallest absolute Gasteiger partial charge is 0.416 e. The Morgan fingerprint density at radius 3 is 2.44 bits per heavy atom. The van der Waals surface area contributed by atoms with Crippen LogP contribution in [-0.2, 0) is 10.9 Å². The predicted molar refractivity (Wildman–Crippen MR) is 109 cm³/mol. The second-order valence-electron chi connectivity index (χ2n) is 7.14. The zero-order chi connectivity index (χ0) is 23.3. The molecule has 0 spiro atoms. The maximum absolute atomic E-state index is 12.9. The monoisotopic (exact) mass is 453 g/mol. The first-order chi connectivity index (χ1) is 15.2. The second-order valence-corrected chi connectivity index (χ2v) is 7.14. The van der Waals surface area contributed by atoms with Gasteiger partial charge in [0.05, 0.1) is 42.4 Å². The number of morpholine rings is 1. The Morgan fingerprint density at radius 2 is 1.88 bits per heavy atom. The maximum Gasteiger partial charge on any atom is 0.416 e. The predicted octanol–water partition coefficient (Wildman–Crippen LogP) is 3.43. The molecule has 1 saturated heterocycles. The van der Waals surface area contributed by atoms with E-state index >= 15 is 0 Å². The van der Waals surface area contributed by atoms with Gasteiger partial charge < -0.3 is 14.8 Å². The van der Waals surface area contributed by atoms with Crippen molar-refractivity contribution >= 4 is 11.6 Å². The molecular formula is C21H22F3N3O5. The number of hydrogen-bond acceptors (Lipinski definition) is 6. The summed E-state index contributed by atoms with van der Waals surface area (Å²) >= 11 is 0. The van der Waals surface area contributed by atoms with Gasteiger partial charge in [-0.3, -0.25) is 19.8 Å². The standard InChI is InChI=1S/C21H22F3N3O5/c1-31-19-7-6-16(27(29)30)12-17(19)20(28)25-13-18(26-8-10-32-11-9-26)14-2-4-15(5-3-14)21(22,23)24/h2-7,12,18H,8-11,13H2,1H3,(H,25,28). The first kappa shape index (κ1) is 23.5. The van der Waals surface area contributed by atoms with E-state index in [9.17, 15) is 28.1 Å². The van der Waals surface area contributed by atoms with Crippen molar-refractivity contribution in [3.63, 3.8) is 0 Å². The average Bonchev–Trinajstić information content (AvgIpc) is 2.79. The highest BCUT2D eigenvalue weighted by Gasteiger charge is 2.31. The van der Waals surface area contributed by atoms with Crippen molar-refractivity contribution in [2.75, 3.05) is 40.0 Å². The van der Waals surface area contributed by atoms with Gasteiger partial charge in [-0.05, 0) is 23.8 Å². The number of carbonyl (C=O) groups excluding carboxylic acids is 1. The van der Waals surface area contributed by atoms with Crippen LogP contribution in [0.2, 0.25) is 0 Å². The zero-order valence-corrected chi connectivity index (χ0v) is 17.2. The van der Waals surface area contributed by atoms with Gasteiger partial charge in [-0.1, -0.05) is 12.1 Å². The van der Waals surface area contributed by atoms with E-state index in [-0.39, 0.29) is 23.5 Å². The SMILES string of the molecule is COc1ccc([N+](=O)[O-])cc1C(=O)NCC(c1ccc(C(F)(F)F)cc1)N1CCOCC1. The molecule has 172 valence electrons. The van der Waals surface area contributed by atoms with Crippen LogP contribution < -0.4 is 10.1 Å². The van der Waals surface area contributed by atoms with E-state index < -0.39 is 28.6 Å². The van der Waals surface area contributed by atoms with E-state index in [4.69, 9.17) is 9.47 Å². The van der Waals surface area contributed by atoms with Crippen LogP contribution in [0.4, 0.5) is 18.9 Å². The molecule has 11 heteroatoms. The minimum absolute atomic E-state index is 0.00477. The summed E-state index contributed by atoms with van der Waals surface area (Å²) in [5.41, 5.74) is -0.420. The van der Waals surface area contributed by atoms with Crippen molar-refractivity contribution < 1.29 is 32.4 Å². The summed E-state index contributed by atoms with van der Waals surface area (Å²) in [5, 5.41) is 13.8. The number of halogens is 3. The van der Waals surface area contributed by atoms with Crippen LogP contribution in [0, 0.1) is 10.1 Å². The number of benzene rings is 2. The third-order valence-electron chi connectivity index (χ3n) is 5.20. The lowest BCUT2D eigenvalue weighted by atomic mass is 10.0. The van der Waals surface area contributed by atoms with Gasteiger partial charge in [0.15, 0.2) is 0 Å². The summed E-state index contributed by atoms with van der Waals surface area (Å²) in [7, 11) is 1.34. The number of amides is 1. The summed E-state index contributed by atoms with van der Waals surface area (Å²) in [5.74, 6) is -0.415. The van der Waals surface area contributed by atoms with Crippen LogP contribution in [0.15, 0.2) is 42.5 Å². The molecule has 0 bridgehead atoms. The first-order valence-corrected chi connectivity index (χ1v) is 9.80.